The van der Waals surface area contributed by atoms with E-state index in [9.17, 15) is 4.79 Å². The Morgan fingerprint density at radius 1 is 1.33 bits per heavy atom. The molecule has 3 heteroatoms. The molecule has 0 bridgehead atoms. The highest BCUT2D eigenvalue weighted by atomic mass is 16.5. The highest BCUT2D eigenvalue weighted by Crippen LogP contribution is 2.19. The molecule has 0 aromatic heterocycles. The van der Waals surface area contributed by atoms with E-state index in [4.69, 9.17) is 9.47 Å². The quantitative estimate of drug-likeness (QED) is 0.696. The molecular weight excluding hydrogens is 192 g/mol. The normalized spacial score (nSPS) is 12.2. The van der Waals surface area contributed by atoms with Gasteiger partial charge in [-0.3, -0.25) is 4.79 Å². The molecule has 0 aliphatic rings. The Kier molecular flexibility index (Phi) is 4.31. The number of ketones is 1. The number of ether oxygens (including phenoxy) is 2. The maximum absolute atomic E-state index is 11.8. The fraction of sp³-hybridized carbons (Fsp3) is 0.417. The molecule has 0 fully saturated rings. The summed E-state index contributed by atoms with van der Waals surface area (Å²) >= 11 is 0. The Bertz CT molecular complexity index is 333. The topological polar surface area (TPSA) is 35.5 Å². The minimum Gasteiger partial charge on any atom is -0.496 e. The van der Waals surface area contributed by atoms with Crippen LogP contribution >= 0.6 is 0 Å². The first-order chi connectivity index (χ1) is 7.19. The number of methoxy groups -OCH3 is 2. The summed E-state index contributed by atoms with van der Waals surface area (Å²) in [4.78, 5) is 11.8. The summed E-state index contributed by atoms with van der Waals surface area (Å²) in [6.45, 7) is 1.87. The van der Waals surface area contributed by atoms with Crippen LogP contribution in [0.3, 0.4) is 0 Å². The van der Waals surface area contributed by atoms with Crippen molar-refractivity contribution in [3.63, 3.8) is 0 Å². The van der Waals surface area contributed by atoms with Gasteiger partial charge in [0.05, 0.1) is 18.8 Å². The van der Waals surface area contributed by atoms with Crippen LogP contribution in [0.5, 0.6) is 5.75 Å². The third-order valence-electron chi connectivity index (χ3n) is 2.28. The van der Waals surface area contributed by atoms with Crippen molar-refractivity contribution in [1.82, 2.24) is 0 Å². The van der Waals surface area contributed by atoms with Gasteiger partial charge in [-0.1, -0.05) is 12.1 Å². The van der Waals surface area contributed by atoms with Gasteiger partial charge in [0.1, 0.15) is 5.75 Å². The Balaban J connectivity index is 2.81. The van der Waals surface area contributed by atoms with Crippen molar-refractivity contribution >= 4 is 5.78 Å². The molecule has 1 atom stereocenters. The summed E-state index contributed by atoms with van der Waals surface area (Å²) in [5.74, 6) is 0.660. The van der Waals surface area contributed by atoms with Crippen LogP contribution in [0, 0.1) is 0 Å². The van der Waals surface area contributed by atoms with Gasteiger partial charge in [0.2, 0.25) is 0 Å². The highest BCUT2D eigenvalue weighted by Gasteiger charge is 2.14. The van der Waals surface area contributed by atoms with Gasteiger partial charge in [0.25, 0.3) is 0 Å². The number of rotatable bonds is 5. The van der Waals surface area contributed by atoms with Crippen molar-refractivity contribution in [2.45, 2.75) is 19.4 Å². The summed E-state index contributed by atoms with van der Waals surface area (Å²) in [6, 6.07) is 7.22. The zero-order valence-corrected chi connectivity index (χ0v) is 9.32. The van der Waals surface area contributed by atoms with E-state index >= 15 is 0 Å². The highest BCUT2D eigenvalue weighted by molar-refractivity contribution is 5.98. The van der Waals surface area contributed by atoms with Gasteiger partial charge < -0.3 is 9.47 Å². The van der Waals surface area contributed by atoms with Crippen LogP contribution < -0.4 is 4.74 Å². The maximum Gasteiger partial charge on any atom is 0.169 e. The lowest BCUT2D eigenvalue weighted by molar-refractivity contribution is 0.0789. The van der Waals surface area contributed by atoms with Crippen LogP contribution in [0.4, 0.5) is 0 Å². The summed E-state index contributed by atoms with van der Waals surface area (Å²) < 4.78 is 10.2. The smallest absolute Gasteiger partial charge is 0.169 e. The molecule has 0 radical (unpaired) electrons. The number of hydrogen-bond acceptors (Lipinski definition) is 3. The Morgan fingerprint density at radius 2 is 2.00 bits per heavy atom. The van der Waals surface area contributed by atoms with Crippen LogP contribution in [0.1, 0.15) is 23.7 Å². The molecule has 15 heavy (non-hydrogen) atoms. The largest absolute Gasteiger partial charge is 0.496 e. The number of carbonyl (C=O) groups excluding carboxylic acids is 1. The van der Waals surface area contributed by atoms with Gasteiger partial charge >= 0.3 is 0 Å². The number of carbonyl (C=O) groups is 1. The summed E-state index contributed by atoms with van der Waals surface area (Å²) in [7, 11) is 3.16. The van der Waals surface area contributed by atoms with Gasteiger partial charge in [-0.15, -0.1) is 0 Å². The van der Waals surface area contributed by atoms with Crippen molar-refractivity contribution in [2.75, 3.05) is 14.2 Å². The standard InChI is InChI=1S/C12H16O3/c1-9(14-2)8-11(13)10-6-4-5-7-12(10)15-3/h4-7,9H,8H2,1-3H3. The first-order valence-electron chi connectivity index (χ1n) is 4.88. The van der Waals surface area contributed by atoms with Gasteiger partial charge in [-0.25, -0.2) is 0 Å². The molecule has 3 nitrogen and oxygen atoms in total. The molecular formula is C12H16O3. The average molecular weight is 208 g/mol. The van der Waals surface area contributed by atoms with Crippen molar-refractivity contribution < 1.29 is 14.3 Å². The molecule has 1 aromatic rings. The van der Waals surface area contributed by atoms with E-state index in [1.165, 1.54) is 0 Å². The second-order valence-electron chi connectivity index (χ2n) is 3.37. The lowest BCUT2D eigenvalue weighted by Crippen LogP contribution is -2.13. The summed E-state index contributed by atoms with van der Waals surface area (Å²) in [5.41, 5.74) is 0.615. The van der Waals surface area contributed by atoms with Crippen LogP contribution in [0.15, 0.2) is 24.3 Å². The SMILES string of the molecule is COc1ccccc1C(=O)CC(C)OC. The van der Waals surface area contributed by atoms with Crippen molar-refractivity contribution in [3.05, 3.63) is 29.8 Å². The monoisotopic (exact) mass is 208 g/mol. The Morgan fingerprint density at radius 3 is 2.60 bits per heavy atom. The molecule has 0 N–H and O–H groups in total. The van der Waals surface area contributed by atoms with Gasteiger partial charge in [-0.2, -0.15) is 0 Å². The molecule has 0 spiro atoms. The lowest BCUT2D eigenvalue weighted by atomic mass is 10.0. The minimum absolute atomic E-state index is 0.0433. The first-order valence-corrected chi connectivity index (χ1v) is 4.88. The van der Waals surface area contributed by atoms with Crippen molar-refractivity contribution in [1.29, 1.82) is 0 Å². The number of hydrogen-bond donors (Lipinski definition) is 0. The summed E-state index contributed by atoms with van der Waals surface area (Å²) in [5, 5.41) is 0. The molecule has 82 valence electrons. The molecule has 0 saturated heterocycles. The van der Waals surface area contributed by atoms with E-state index in [0.717, 1.165) is 0 Å². The molecule has 1 aromatic carbocycles. The van der Waals surface area contributed by atoms with E-state index in [0.29, 0.717) is 17.7 Å². The maximum atomic E-state index is 11.8. The molecule has 0 amide bonds. The van der Waals surface area contributed by atoms with Gasteiger partial charge in [0, 0.05) is 13.5 Å². The Labute approximate surface area is 90.0 Å². The molecule has 0 aliphatic carbocycles. The average Bonchev–Trinajstić information content (AvgIpc) is 2.28. The minimum atomic E-state index is -0.0672. The van der Waals surface area contributed by atoms with Gasteiger partial charge in [-0.05, 0) is 19.1 Å². The second-order valence-corrected chi connectivity index (χ2v) is 3.37. The van der Waals surface area contributed by atoms with Crippen LogP contribution in [-0.4, -0.2) is 26.1 Å². The zero-order valence-electron chi connectivity index (χ0n) is 9.32. The van der Waals surface area contributed by atoms with Crippen LogP contribution in [0.25, 0.3) is 0 Å². The fourth-order valence-electron chi connectivity index (χ4n) is 1.33. The van der Waals surface area contributed by atoms with E-state index in [2.05, 4.69) is 0 Å². The van der Waals surface area contributed by atoms with Crippen LogP contribution in [-0.2, 0) is 4.74 Å². The van der Waals surface area contributed by atoms with E-state index in [1.54, 1.807) is 26.4 Å². The fourth-order valence-corrected chi connectivity index (χ4v) is 1.33. The molecule has 0 heterocycles. The van der Waals surface area contributed by atoms with E-state index in [-0.39, 0.29) is 11.9 Å². The molecule has 1 unspecified atom stereocenters. The predicted molar refractivity (Wildman–Crippen MR) is 58.4 cm³/mol. The first kappa shape index (κ1) is 11.7. The second kappa shape index (κ2) is 5.51. The zero-order chi connectivity index (χ0) is 11.3. The van der Waals surface area contributed by atoms with Crippen LogP contribution in [0.2, 0.25) is 0 Å². The lowest BCUT2D eigenvalue weighted by Gasteiger charge is -2.10. The molecule has 0 aliphatic heterocycles. The molecule has 1 rings (SSSR count). The van der Waals surface area contributed by atoms with Crippen molar-refractivity contribution in [3.8, 4) is 5.75 Å². The van der Waals surface area contributed by atoms with E-state index in [1.807, 2.05) is 19.1 Å². The third kappa shape index (κ3) is 3.06. The molecule has 0 saturated carbocycles. The Hall–Kier alpha value is -1.35. The number of para-hydroxylation sites is 1. The third-order valence-corrected chi connectivity index (χ3v) is 2.28. The van der Waals surface area contributed by atoms with Gasteiger partial charge in [0.15, 0.2) is 5.78 Å². The predicted octanol–water partition coefficient (Wildman–Crippen LogP) is 2.30. The van der Waals surface area contributed by atoms with Crippen molar-refractivity contribution in [2.24, 2.45) is 0 Å². The number of benzene rings is 1. The summed E-state index contributed by atoms with van der Waals surface area (Å²) in [6.07, 6.45) is 0.305. The number of Topliss-reactive ketones (excluding diaryl/α,β-unsaturated/α-hetero) is 1. The van der Waals surface area contributed by atoms with E-state index < -0.39 is 0 Å².